The van der Waals surface area contributed by atoms with E-state index >= 15 is 0 Å². The number of amides is 1. The van der Waals surface area contributed by atoms with Gasteiger partial charge in [0.15, 0.2) is 0 Å². The summed E-state index contributed by atoms with van der Waals surface area (Å²) in [6, 6.07) is 15.4. The van der Waals surface area contributed by atoms with Gasteiger partial charge in [0.2, 0.25) is 11.0 Å². The zero-order chi connectivity index (χ0) is 19.4. The monoisotopic (exact) mass is 383 g/mol. The summed E-state index contributed by atoms with van der Waals surface area (Å²) >= 11 is 1.09. The lowest BCUT2D eigenvalue weighted by molar-refractivity contribution is -0.140. The second-order valence-electron chi connectivity index (χ2n) is 6.60. The lowest BCUT2D eigenvalue weighted by Crippen LogP contribution is -2.50. The van der Waals surface area contributed by atoms with E-state index in [0.29, 0.717) is 29.8 Å². The van der Waals surface area contributed by atoms with Gasteiger partial charge in [0.1, 0.15) is 6.04 Å². The number of nitrogens with zero attached hydrogens (tertiary/aromatic N) is 1. The number of anilines is 1. The first-order valence-electron chi connectivity index (χ1n) is 8.85. The minimum absolute atomic E-state index is 0.0934. The van der Waals surface area contributed by atoms with Gasteiger partial charge >= 0.3 is 5.97 Å². The van der Waals surface area contributed by atoms with Crippen molar-refractivity contribution in [3.8, 4) is 0 Å². The van der Waals surface area contributed by atoms with E-state index in [4.69, 9.17) is 0 Å². The van der Waals surface area contributed by atoms with Crippen molar-refractivity contribution in [3.05, 3.63) is 65.7 Å². The average Bonchev–Trinajstić information content (AvgIpc) is 2.70. The molecule has 1 N–H and O–H groups in total. The number of aliphatic carboxylic acids is 1. The molecular formula is C21H21NO4S. The summed E-state index contributed by atoms with van der Waals surface area (Å²) in [6.07, 6.45) is 1.02. The third-order valence-electron chi connectivity index (χ3n) is 4.67. The Bertz CT molecular complexity index is 852. The first-order valence-corrected chi connectivity index (χ1v) is 9.83. The van der Waals surface area contributed by atoms with Crippen molar-refractivity contribution < 1.29 is 19.5 Å². The second-order valence-corrected chi connectivity index (χ2v) is 7.59. The van der Waals surface area contributed by atoms with Crippen LogP contribution in [0.4, 0.5) is 5.69 Å². The Kier molecular flexibility index (Phi) is 5.96. The number of carbonyl (C=O) groups is 3. The van der Waals surface area contributed by atoms with Crippen molar-refractivity contribution in [2.75, 3.05) is 10.7 Å². The molecule has 0 saturated carbocycles. The third-order valence-corrected chi connectivity index (χ3v) is 5.83. The fourth-order valence-corrected chi connectivity index (χ4v) is 4.07. The van der Waals surface area contributed by atoms with Crippen molar-refractivity contribution in [3.63, 3.8) is 0 Å². The number of thioether (sulfide) groups is 1. The maximum atomic E-state index is 13.1. The minimum Gasteiger partial charge on any atom is -0.480 e. The highest BCUT2D eigenvalue weighted by atomic mass is 32.2. The van der Waals surface area contributed by atoms with Crippen molar-refractivity contribution in [1.82, 2.24) is 0 Å². The second kappa shape index (κ2) is 8.39. The van der Waals surface area contributed by atoms with Crippen molar-refractivity contribution >= 4 is 34.4 Å². The van der Waals surface area contributed by atoms with Gasteiger partial charge in [-0.1, -0.05) is 67.2 Å². The van der Waals surface area contributed by atoms with Gasteiger partial charge in [0.05, 0.1) is 0 Å². The Hall–Kier alpha value is -2.60. The molecule has 0 unspecified atom stereocenters. The van der Waals surface area contributed by atoms with Crippen molar-refractivity contribution in [2.45, 2.75) is 25.8 Å². The van der Waals surface area contributed by atoms with Crippen LogP contribution in [0.3, 0.4) is 0 Å². The summed E-state index contributed by atoms with van der Waals surface area (Å²) in [5.74, 6) is -1.44. The summed E-state index contributed by atoms with van der Waals surface area (Å²) in [6.45, 7) is 1.74. The zero-order valence-electron chi connectivity index (χ0n) is 15.0. The predicted octanol–water partition coefficient (Wildman–Crippen LogP) is 3.63. The largest absolute Gasteiger partial charge is 0.480 e. The molecule has 140 valence electrons. The number of fused-ring (bicyclic) bond motifs is 1. The molecule has 0 saturated heterocycles. The van der Waals surface area contributed by atoms with E-state index in [1.54, 1.807) is 37.3 Å². The van der Waals surface area contributed by atoms with E-state index in [1.165, 1.54) is 4.90 Å². The van der Waals surface area contributed by atoms with E-state index in [0.717, 1.165) is 17.3 Å². The van der Waals surface area contributed by atoms with E-state index in [1.807, 2.05) is 24.3 Å². The molecule has 0 spiro atoms. The Morgan fingerprint density at radius 3 is 2.48 bits per heavy atom. The number of aryl methyl sites for hydroxylation is 1. The molecule has 2 aromatic rings. The molecule has 0 aliphatic carbocycles. The fourth-order valence-electron chi connectivity index (χ4n) is 3.22. The summed E-state index contributed by atoms with van der Waals surface area (Å²) in [4.78, 5) is 38.4. The SMILES string of the molecule is C[C@@H](CSC(=O)c1ccccc1)C(=O)N1c2ccccc2CC[C@H]1C(=O)O. The number of hydrogen-bond acceptors (Lipinski definition) is 4. The van der Waals surface area contributed by atoms with Crippen LogP contribution in [0.1, 0.15) is 29.3 Å². The van der Waals surface area contributed by atoms with Gasteiger partial charge in [-0.25, -0.2) is 4.79 Å². The van der Waals surface area contributed by atoms with Crippen LogP contribution in [0, 0.1) is 5.92 Å². The predicted molar refractivity (Wildman–Crippen MR) is 106 cm³/mol. The summed E-state index contributed by atoms with van der Waals surface area (Å²) in [7, 11) is 0. The number of carbonyl (C=O) groups excluding carboxylic acids is 2. The maximum absolute atomic E-state index is 13.1. The van der Waals surface area contributed by atoms with Crippen LogP contribution in [0.25, 0.3) is 0 Å². The molecular weight excluding hydrogens is 362 g/mol. The van der Waals surface area contributed by atoms with E-state index < -0.39 is 17.9 Å². The molecule has 6 heteroatoms. The number of benzene rings is 2. The van der Waals surface area contributed by atoms with Gasteiger partial charge in [0.25, 0.3) is 0 Å². The van der Waals surface area contributed by atoms with E-state index in [9.17, 15) is 19.5 Å². The molecule has 0 bridgehead atoms. The first kappa shape index (κ1) is 19.2. The van der Waals surface area contributed by atoms with Gasteiger partial charge in [0, 0.05) is 22.9 Å². The zero-order valence-corrected chi connectivity index (χ0v) is 15.8. The molecule has 1 aliphatic heterocycles. The molecule has 1 amide bonds. The van der Waals surface area contributed by atoms with Crippen LogP contribution < -0.4 is 4.90 Å². The Balaban J connectivity index is 1.74. The van der Waals surface area contributed by atoms with Gasteiger partial charge in [-0.15, -0.1) is 0 Å². The van der Waals surface area contributed by atoms with Crippen LogP contribution in [0.5, 0.6) is 0 Å². The highest BCUT2D eigenvalue weighted by molar-refractivity contribution is 8.14. The third kappa shape index (κ3) is 4.22. The summed E-state index contributed by atoms with van der Waals surface area (Å²) < 4.78 is 0. The van der Waals surface area contributed by atoms with Crippen molar-refractivity contribution in [2.24, 2.45) is 5.92 Å². The van der Waals surface area contributed by atoms with Gasteiger partial charge in [-0.2, -0.15) is 0 Å². The Morgan fingerprint density at radius 1 is 1.11 bits per heavy atom. The average molecular weight is 383 g/mol. The molecule has 0 radical (unpaired) electrons. The van der Waals surface area contributed by atoms with Gasteiger partial charge < -0.3 is 5.11 Å². The smallest absolute Gasteiger partial charge is 0.326 e. The van der Waals surface area contributed by atoms with E-state index in [-0.39, 0.29) is 11.0 Å². The lowest BCUT2D eigenvalue weighted by atomic mass is 9.94. The fraction of sp³-hybridized carbons (Fsp3) is 0.286. The Labute approximate surface area is 162 Å². The minimum atomic E-state index is -1.00. The maximum Gasteiger partial charge on any atom is 0.326 e. The summed E-state index contributed by atoms with van der Waals surface area (Å²) in [5.41, 5.74) is 2.23. The number of carboxylic acids is 1. The molecule has 27 heavy (non-hydrogen) atoms. The standard InChI is InChI=1S/C21H21NO4S/c1-14(13-27-21(26)16-8-3-2-4-9-16)19(23)22-17-10-6-5-7-15(17)11-12-18(22)20(24)25/h2-10,14,18H,11-13H2,1H3,(H,24,25)/t14-,18-/m0/s1. The van der Waals surface area contributed by atoms with Crippen LogP contribution in [0.15, 0.2) is 54.6 Å². The molecule has 2 aromatic carbocycles. The van der Waals surface area contributed by atoms with Crippen molar-refractivity contribution in [1.29, 1.82) is 0 Å². The topological polar surface area (TPSA) is 74.7 Å². The highest BCUT2D eigenvalue weighted by Gasteiger charge is 2.37. The number of rotatable bonds is 5. The van der Waals surface area contributed by atoms with Gasteiger partial charge in [-0.3, -0.25) is 14.5 Å². The number of carboxylic acid groups (broad SMARTS) is 1. The van der Waals surface area contributed by atoms with Crippen LogP contribution >= 0.6 is 11.8 Å². The normalized spacial score (nSPS) is 17.1. The molecule has 1 aliphatic rings. The summed E-state index contributed by atoms with van der Waals surface area (Å²) in [5, 5.41) is 9.49. The quantitative estimate of drug-likeness (QED) is 0.853. The molecule has 1 heterocycles. The highest BCUT2D eigenvalue weighted by Crippen LogP contribution is 2.32. The molecule has 2 atom stereocenters. The number of hydrogen-bond donors (Lipinski definition) is 1. The van der Waals surface area contributed by atoms with Crippen LogP contribution in [0.2, 0.25) is 0 Å². The molecule has 0 fully saturated rings. The Morgan fingerprint density at radius 2 is 1.78 bits per heavy atom. The molecule has 5 nitrogen and oxygen atoms in total. The number of para-hydroxylation sites is 1. The molecule has 0 aromatic heterocycles. The lowest BCUT2D eigenvalue weighted by Gasteiger charge is -2.36. The van der Waals surface area contributed by atoms with Crippen LogP contribution in [-0.2, 0) is 16.0 Å². The first-order chi connectivity index (χ1) is 13.0. The van der Waals surface area contributed by atoms with E-state index in [2.05, 4.69) is 0 Å². The van der Waals surface area contributed by atoms with Gasteiger partial charge in [-0.05, 0) is 24.5 Å². The molecule has 3 rings (SSSR count). The van der Waals surface area contributed by atoms with Crippen LogP contribution in [-0.4, -0.2) is 33.9 Å².